The van der Waals surface area contributed by atoms with Crippen molar-refractivity contribution in [3.8, 4) is 0 Å². The van der Waals surface area contributed by atoms with E-state index < -0.39 is 5.97 Å². The van der Waals surface area contributed by atoms with Crippen molar-refractivity contribution >= 4 is 5.97 Å². The number of nitrogens with one attached hydrogen (secondary N) is 1. The fourth-order valence-corrected chi connectivity index (χ4v) is 0.960. The molecule has 0 aromatic heterocycles. The molecule has 0 atom stereocenters. The fourth-order valence-electron chi connectivity index (χ4n) is 0.960. The van der Waals surface area contributed by atoms with Crippen LogP contribution in [0, 0.1) is 0 Å². The summed E-state index contributed by atoms with van der Waals surface area (Å²) in [6.45, 7) is 6.71. The van der Waals surface area contributed by atoms with Gasteiger partial charge in [-0.1, -0.05) is 13.0 Å². The number of carbonyl (C=O) groups is 1. The lowest BCUT2D eigenvalue weighted by molar-refractivity contribution is -0.132. The van der Waals surface area contributed by atoms with E-state index in [9.17, 15) is 4.79 Å². The summed E-state index contributed by atoms with van der Waals surface area (Å²) in [6.07, 6.45) is 3.68. The molecule has 0 rings (SSSR count). The van der Waals surface area contributed by atoms with E-state index in [-0.39, 0.29) is 0 Å². The van der Waals surface area contributed by atoms with Gasteiger partial charge in [0.1, 0.15) is 0 Å². The molecule has 0 aliphatic heterocycles. The Bertz CT molecular complexity index is 202. The van der Waals surface area contributed by atoms with Gasteiger partial charge in [0, 0.05) is 25.3 Å². The molecule has 0 unspecified atom stereocenters. The molecule has 4 nitrogen and oxygen atoms in total. The van der Waals surface area contributed by atoms with Gasteiger partial charge in [-0.2, -0.15) is 0 Å². The molecule has 0 fully saturated rings. The molecule has 0 radical (unpaired) electrons. The van der Waals surface area contributed by atoms with Crippen molar-refractivity contribution in [3.05, 3.63) is 11.6 Å². The first-order valence-corrected chi connectivity index (χ1v) is 5.37. The molecule has 0 bridgehead atoms. The predicted octanol–water partition coefficient (Wildman–Crippen LogP) is 1.42. The van der Waals surface area contributed by atoms with E-state index in [1.54, 1.807) is 13.0 Å². The monoisotopic (exact) mass is 215 g/mol. The van der Waals surface area contributed by atoms with Crippen molar-refractivity contribution in [1.82, 2.24) is 5.32 Å². The molecule has 0 aliphatic rings. The fraction of sp³-hybridized carbons (Fsp3) is 0.727. The Morgan fingerprint density at radius 2 is 2.20 bits per heavy atom. The Kier molecular flexibility index (Phi) is 9.11. The molecule has 15 heavy (non-hydrogen) atoms. The summed E-state index contributed by atoms with van der Waals surface area (Å²) in [6, 6.07) is 0. The smallest absolute Gasteiger partial charge is 0.330 e. The first-order valence-electron chi connectivity index (χ1n) is 5.37. The van der Waals surface area contributed by atoms with Crippen molar-refractivity contribution in [2.45, 2.75) is 26.7 Å². The van der Waals surface area contributed by atoms with Gasteiger partial charge in [-0.25, -0.2) is 4.79 Å². The molecule has 0 amide bonds. The lowest BCUT2D eigenvalue weighted by Crippen LogP contribution is -2.17. The minimum Gasteiger partial charge on any atom is -0.478 e. The van der Waals surface area contributed by atoms with E-state index in [0.717, 1.165) is 32.6 Å². The summed E-state index contributed by atoms with van der Waals surface area (Å²) in [5.41, 5.74) is 0.379. The molecule has 0 spiro atoms. The third-order valence-corrected chi connectivity index (χ3v) is 1.88. The minimum atomic E-state index is -0.858. The maximum absolute atomic E-state index is 10.4. The summed E-state index contributed by atoms with van der Waals surface area (Å²) >= 11 is 0. The molecule has 0 heterocycles. The van der Waals surface area contributed by atoms with E-state index >= 15 is 0 Å². The van der Waals surface area contributed by atoms with E-state index in [1.165, 1.54) is 0 Å². The standard InChI is InChI=1S/C11H21NO3/c1-3-8-15-9-4-6-12-7-5-10(2)11(13)14/h5,12H,3-4,6-9H2,1-2H3,(H,13,14)/b10-5-. The molecule has 0 saturated heterocycles. The Morgan fingerprint density at radius 1 is 1.47 bits per heavy atom. The van der Waals surface area contributed by atoms with Crippen LogP contribution >= 0.6 is 0 Å². The van der Waals surface area contributed by atoms with Crippen LogP contribution in [0.2, 0.25) is 0 Å². The van der Waals surface area contributed by atoms with Crippen LogP contribution < -0.4 is 5.32 Å². The average molecular weight is 215 g/mol. The van der Waals surface area contributed by atoms with Crippen molar-refractivity contribution in [3.63, 3.8) is 0 Å². The molecular formula is C11H21NO3. The van der Waals surface area contributed by atoms with E-state index in [2.05, 4.69) is 12.2 Å². The zero-order valence-corrected chi connectivity index (χ0v) is 9.58. The average Bonchev–Trinajstić information content (AvgIpc) is 2.21. The van der Waals surface area contributed by atoms with Gasteiger partial charge in [-0.3, -0.25) is 0 Å². The van der Waals surface area contributed by atoms with Gasteiger partial charge < -0.3 is 15.2 Å². The number of carboxylic acids is 1. The van der Waals surface area contributed by atoms with Crippen LogP contribution in [-0.4, -0.2) is 37.4 Å². The summed E-state index contributed by atoms with van der Waals surface area (Å²) < 4.78 is 5.30. The van der Waals surface area contributed by atoms with Gasteiger partial charge in [0.15, 0.2) is 0 Å². The Labute approximate surface area is 91.3 Å². The molecule has 0 aromatic rings. The summed E-state index contributed by atoms with van der Waals surface area (Å²) in [5.74, 6) is -0.858. The third kappa shape index (κ3) is 9.43. The number of aliphatic carboxylic acids is 1. The number of ether oxygens (including phenoxy) is 1. The summed E-state index contributed by atoms with van der Waals surface area (Å²) in [5, 5.41) is 11.7. The lowest BCUT2D eigenvalue weighted by Gasteiger charge is -2.03. The van der Waals surface area contributed by atoms with Crippen molar-refractivity contribution in [1.29, 1.82) is 0 Å². The zero-order valence-electron chi connectivity index (χ0n) is 9.58. The largest absolute Gasteiger partial charge is 0.478 e. The maximum atomic E-state index is 10.4. The quantitative estimate of drug-likeness (QED) is 0.451. The van der Waals surface area contributed by atoms with Crippen molar-refractivity contribution < 1.29 is 14.6 Å². The van der Waals surface area contributed by atoms with Gasteiger partial charge in [-0.15, -0.1) is 0 Å². The molecule has 0 aliphatic carbocycles. The van der Waals surface area contributed by atoms with Crippen LogP contribution in [0.25, 0.3) is 0 Å². The van der Waals surface area contributed by atoms with Crippen LogP contribution in [0.3, 0.4) is 0 Å². The molecule has 2 N–H and O–H groups in total. The highest BCUT2D eigenvalue weighted by atomic mass is 16.5. The lowest BCUT2D eigenvalue weighted by atomic mass is 10.3. The van der Waals surface area contributed by atoms with Crippen LogP contribution in [0.1, 0.15) is 26.7 Å². The Morgan fingerprint density at radius 3 is 2.80 bits per heavy atom. The SMILES string of the molecule is CCCOCCCNC/C=C(/C)C(=O)O. The number of rotatable bonds is 9. The maximum Gasteiger partial charge on any atom is 0.330 e. The van der Waals surface area contributed by atoms with E-state index in [4.69, 9.17) is 9.84 Å². The highest BCUT2D eigenvalue weighted by Crippen LogP contribution is 1.90. The number of carboxylic acid groups (broad SMARTS) is 1. The van der Waals surface area contributed by atoms with Crippen LogP contribution in [-0.2, 0) is 9.53 Å². The Hall–Kier alpha value is -0.870. The number of hydrogen-bond donors (Lipinski definition) is 2. The van der Waals surface area contributed by atoms with Crippen molar-refractivity contribution in [2.75, 3.05) is 26.3 Å². The van der Waals surface area contributed by atoms with Gasteiger partial charge in [0.05, 0.1) is 0 Å². The van der Waals surface area contributed by atoms with Gasteiger partial charge >= 0.3 is 5.97 Å². The summed E-state index contributed by atoms with van der Waals surface area (Å²) in [7, 11) is 0. The van der Waals surface area contributed by atoms with Crippen LogP contribution in [0.5, 0.6) is 0 Å². The highest BCUT2D eigenvalue weighted by Gasteiger charge is 1.97. The van der Waals surface area contributed by atoms with Crippen molar-refractivity contribution in [2.24, 2.45) is 0 Å². The van der Waals surface area contributed by atoms with Gasteiger partial charge in [-0.05, 0) is 26.3 Å². The highest BCUT2D eigenvalue weighted by molar-refractivity contribution is 5.85. The van der Waals surface area contributed by atoms with E-state index in [1.807, 2.05) is 0 Å². The Balaban J connectivity index is 3.25. The zero-order chi connectivity index (χ0) is 11.5. The topological polar surface area (TPSA) is 58.6 Å². The molecule has 4 heteroatoms. The second-order valence-electron chi connectivity index (χ2n) is 3.36. The predicted molar refractivity (Wildman–Crippen MR) is 60.0 cm³/mol. The minimum absolute atomic E-state index is 0.379. The number of hydrogen-bond acceptors (Lipinski definition) is 3. The molecule has 0 saturated carbocycles. The van der Waals surface area contributed by atoms with Gasteiger partial charge in [0.2, 0.25) is 0 Å². The van der Waals surface area contributed by atoms with E-state index in [0.29, 0.717) is 12.1 Å². The van der Waals surface area contributed by atoms with Gasteiger partial charge in [0.25, 0.3) is 0 Å². The first-order chi connectivity index (χ1) is 7.18. The molecule has 0 aromatic carbocycles. The molecular weight excluding hydrogens is 194 g/mol. The van der Waals surface area contributed by atoms with Crippen LogP contribution in [0.4, 0.5) is 0 Å². The summed E-state index contributed by atoms with van der Waals surface area (Å²) in [4.78, 5) is 10.4. The second kappa shape index (κ2) is 9.68. The van der Waals surface area contributed by atoms with Crippen LogP contribution in [0.15, 0.2) is 11.6 Å². The third-order valence-electron chi connectivity index (χ3n) is 1.88. The normalized spacial score (nSPS) is 11.7. The first kappa shape index (κ1) is 14.1. The molecule has 88 valence electrons. The second-order valence-corrected chi connectivity index (χ2v) is 3.36.